The molecule has 1 amide bonds. The fraction of sp³-hybridized carbons (Fsp3) is 0.500. The van der Waals surface area contributed by atoms with E-state index in [1.165, 1.54) is 12.0 Å². The van der Waals surface area contributed by atoms with Gasteiger partial charge in [-0.05, 0) is 48.9 Å². The highest BCUT2D eigenvalue weighted by molar-refractivity contribution is 6.10. The van der Waals surface area contributed by atoms with Crippen molar-refractivity contribution < 1.29 is 9.53 Å². The lowest BCUT2D eigenvalue weighted by Crippen LogP contribution is -2.45. The van der Waals surface area contributed by atoms with Gasteiger partial charge < -0.3 is 14.5 Å². The molecule has 4 heterocycles. The van der Waals surface area contributed by atoms with E-state index in [1.807, 2.05) is 35.4 Å². The van der Waals surface area contributed by atoms with Gasteiger partial charge in [-0.1, -0.05) is 18.2 Å². The van der Waals surface area contributed by atoms with E-state index in [-0.39, 0.29) is 5.91 Å². The number of ether oxygens (including phenoxy) is 1. The molecule has 6 heteroatoms. The van der Waals surface area contributed by atoms with Crippen LogP contribution in [-0.4, -0.2) is 68.3 Å². The van der Waals surface area contributed by atoms with Crippen LogP contribution >= 0.6 is 0 Å². The van der Waals surface area contributed by atoms with Gasteiger partial charge in [0.2, 0.25) is 0 Å². The minimum Gasteiger partial charge on any atom is -0.379 e. The highest BCUT2D eigenvalue weighted by Crippen LogP contribution is 2.31. The molecule has 0 spiro atoms. The van der Waals surface area contributed by atoms with Crippen molar-refractivity contribution in [3.63, 3.8) is 0 Å². The summed E-state index contributed by atoms with van der Waals surface area (Å²) < 4.78 is 5.49. The summed E-state index contributed by atoms with van der Waals surface area (Å²) in [6.45, 7) is 7.51. The average Bonchev–Trinajstić information content (AvgIpc) is 3.24. The smallest absolute Gasteiger partial charge is 0.262 e. The Kier molecular flexibility index (Phi) is 5.69. The Hall–Kier alpha value is -2.44. The molecule has 0 aliphatic carbocycles. The third-order valence-corrected chi connectivity index (χ3v) is 6.59. The fourth-order valence-electron chi connectivity index (χ4n) is 5.07. The quantitative estimate of drug-likeness (QED) is 0.782. The highest BCUT2D eigenvalue weighted by Gasteiger charge is 2.30. The number of hydrogen-bond acceptors (Lipinski definition) is 5. The van der Waals surface area contributed by atoms with Crippen molar-refractivity contribution >= 4 is 17.4 Å². The molecule has 30 heavy (non-hydrogen) atoms. The summed E-state index contributed by atoms with van der Waals surface area (Å²) >= 11 is 0. The van der Waals surface area contributed by atoms with Crippen LogP contribution in [0, 0.1) is 5.92 Å². The van der Waals surface area contributed by atoms with Crippen LogP contribution in [0.3, 0.4) is 0 Å². The van der Waals surface area contributed by atoms with Crippen LogP contribution in [0.1, 0.15) is 28.8 Å². The number of rotatable bonds is 4. The van der Waals surface area contributed by atoms with Crippen LogP contribution in [0.25, 0.3) is 0 Å². The zero-order valence-corrected chi connectivity index (χ0v) is 17.5. The van der Waals surface area contributed by atoms with E-state index in [2.05, 4.69) is 26.9 Å². The number of aromatic nitrogens is 1. The Morgan fingerprint density at radius 1 is 1.07 bits per heavy atom. The molecule has 3 aliphatic heterocycles. The summed E-state index contributed by atoms with van der Waals surface area (Å²) in [6, 6.07) is 12.0. The van der Waals surface area contributed by atoms with Gasteiger partial charge in [0.05, 0.1) is 18.8 Å². The Labute approximate surface area is 178 Å². The number of anilines is 2. The summed E-state index contributed by atoms with van der Waals surface area (Å²) in [7, 11) is 0. The first-order chi connectivity index (χ1) is 14.8. The molecule has 0 bridgehead atoms. The van der Waals surface area contributed by atoms with E-state index in [1.54, 1.807) is 0 Å². The lowest BCUT2D eigenvalue weighted by atomic mass is 9.96. The molecule has 1 aromatic heterocycles. The minimum absolute atomic E-state index is 0.0679. The van der Waals surface area contributed by atoms with Gasteiger partial charge in [-0.25, -0.2) is 4.98 Å². The molecule has 2 saturated heterocycles. The lowest BCUT2D eigenvalue weighted by Gasteiger charge is -2.38. The molecule has 0 saturated carbocycles. The van der Waals surface area contributed by atoms with Crippen LogP contribution in [-0.2, 0) is 11.2 Å². The molecule has 1 aromatic carbocycles. The molecule has 158 valence electrons. The molecule has 3 aliphatic rings. The van der Waals surface area contributed by atoms with Crippen LogP contribution < -0.4 is 9.80 Å². The van der Waals surface area contributed by atoms with Crippen molar-refractivity contribution in [2.24, 2.45) is 5.92 Å². The van der Waals surface area contributed by atoms with Crippen LogP contribution in [0.15, 0.2) is 42.6 Å². The number of fused-ring (bicyclic) bond motifs is 1. The molecule has 0 radical (unpaired) electrons. The van der Waals surface area contributed by atoms with Gasteiger partial charge in [0, 0.05) is 51.2 Å². The number of benzene rings is 1. The summed E-state index contributed by atoms with van der Waals surface area (Å²) in [5, 5.41) is 0. The van der Waals surface area contributed by atoms with Gasteiger partial charge in [0.15, 0.2) is 0 Å². The Morgan fingerprint density at radius 3 is 2.83 bits per heavy atom. The molecule has 0 N–H and O–H groups in total. The molecule has 1 unspecified atom stereocenters. The Bertz CT molecular complexity index is 896. The number of hydrogen-bond donors (Lipinski definition) is 0. The first-order valence-corrected chi connectivity index (χ1v) is 11.2. The number of carbonyl (C=O) groups excluding carboxylic acids is 1. The first-order valence-electron chi connectivity index (χ1n) is 11.2. The molecule has 2 aromatic rings. The molecule has 2 fully saturated rings. The number of morpholine rings is 1. The van der Waals surface area contributed by atoms with Crippen molar-refractivity contribution in [1.29, 1.82) is 0 Å². The van der Waals surface area contributed by atoms with Crippen molar-refractivity contribution in [2.75, 3.05) is 62.3 Å². The molecular formula is C24H30N4O2. The second-order valence-corrected chi connectivity index (χ2v) is 8.58. The maximum absolute atomic E-state index is 13.5. The molecule has 6 nitrogen and oxygen atoms in total. The largest absolute Gasteiger partial charge is 0.379 e. The van der Waals surface area contributed by atoms with E-state index in [0.717, 1.165) is 82.4 Å². The Balaban J connectivity index is 1.34. The highest BCUT2D eigenvalue weighted by atomic mass is 16.5. The third-order valence-electron chi connectivity index (χ3n) is 6.59. The number of carbonyl (C=O) groups is 1. The van der Waals surface area contributed by atoms with Crippen LogP contribution in [0.4, 0.5) is 11.5 Å². The zero-order chi connectivity index (χ0) is 20.3. The van der Waals surface area contributed by atoms with Crippen molar-refractivity contribution in [1.82, 2.24) is 9.88 Å². The fourth-order valence-corrected chi connectivity index (χ4v) is 5.07. The molecule has 5 rings (SSSR count). The minimum atomic E-state index is 0.0679. The normalized spacial score (nSPS) is 22.2. The zero-order valence-electron chi connectivity index (χ0n) is 17.5. The standard InChI is InChI=1S/C24H30N4O2/c29-24(28-12-9-20-6-1-2-8-22(20)28)21-7-3-10-25-23(21)27-11-4-5-19(18-27)17-26-13-15-30-16-14-26/h1-3,6-8,10,19H,4-5,9,11-18H2. The van der Waals surface area contributed by atoms with Gasteiger partial charge in [-0.3, -0.25) is 9.69 Å². The van der Waals surface area contributed by atoms with Gasteiger partial charge in [-0.2, -0.15) is 0 Å². The maximum atomic E-state index is 13.5. The summed E-state index contributed by atoms with van der Waals surface area (Å²) in [6.07, 6.45) is 5.12. The third kappa shape index (κ3) is 3.94. The number of amides is 1. The lowest BCUT2D eigenvalue weighted by molar-refractivity contribution is 0.0296. The number of nitrogens with zero attached hydrogens (tertiary/aromatic N) is 4. The monoisotopic (exact) mass is 406 g/mol. The predicted molar refractivity (Wildman–Crippen MR) is 118 cm³/mol. The topological polar surface area (TPSA) is 48.9 Å². The van der Waals surface area contributed by atoms with E-state index < -0.39 is 0 Å². The summed E-state index contributed by atoms with van der Waals surface area (Å²) in [4.78, 5) is 25.0. The van der Waals surface area contributed by atoms with Crippen molar-refractivity contribution in [2.45, 2.75) is 19.3 Å². The maximum Gasteiger partial charge on any atom is 0.262 e. The van der Waals surface area contributed by atoms with Gasteiger partial charge in [0.1, 0.15) is 5.82 Å². The van der Waals surface area contributed by atoms with E-state index in [9.17, 15) is 4.79 Å². The van der Waals surface area contributed by atoms with Gasteiger partial charge >= 0.3 is 0 Å². The van der Waals surface area contributed by atoms with Crippen LogP contribution in [0.2, 0.25) is 0 Å². The van der Waals surface area contributed by atoms with E-state index in [4.69, 9.17) is 4.74 Å². The van der Waals surface area contributed by atoms with Crippen molar-refractivity contribution in [3.8, 4) is 0 Å². The van der Waals surface area contributed by atoms with E-state index >= 15 is 0 Å². The Morgan fingerprint density at radius 2 is 1.93 bits per heavy atom. The second-order valence-electron chi connectivity index (χ2n) is 8.58. The second kappa shape index (κ2) is 8.74. The first kappa shape index (κ1) is 19.5. The summed E-state index contributed by atoms with van der Waals surface area (Å²) in [5.41, 5.74) is 3.02. The van der Waals surface area contributed by atoms with Crippen molar-refractivity contribution in [3.05, 3.63) is 53.7 Å². The van der Waals surface area contributed by atoms with Gasteiger partial charge in [0.25, 0.3) is 5.91 Å². The summed E-state index contributed by atoms with van der Waals surface area (Å²) in [5.74, 6) is 1.52. The average molecular weight is 407 g/mol. The SMILES string of the molecule is O=C(c1cccnc1N1CCCC(CN2CCOCC2)C1)N1CCc2ccccc21. The predicted octanol–water partition coefficient (Wildman–Crippen LogP) is 2.83. The van der Waals surface area contributed by atoms with Crippen LogP contribution in [0.5, 0.6) is 0 Å². The van der Waals surface area contributed by atoms with E-state index in [0.29, 0.717) is 5.92 Å². The number of piperidine rings is 1. The number of para-hydroxylation sites is 1. The van der Waals surface area contributed by atoms with Gasteiger partial charge in [-0.15, -0.1) is 0 Å². The number of pyridine rings is 1. The molecular weight excluding hydrogens is 376 g/mol. The molecule has 1 atom stereocenters.